The Labute approximate surface area is 153 Å². The Kier molecular flexibility index (Phi) is 5.05. The maximum atomic E-state index is 13.2. The number of methoxy groups -OCH3 is 1. The van der Waals surface area contributed by atoms with E-state index in [2.05, 4.69) is 0 Å². The third-order valence-electron chi connectivity index (χ3n) is 4.53. The van der Waals surface area contributed by atoms with E-state index in [0.29, 0.717) is 5.75 Å². The molecule has 1 aliphatic rings. The van der Waals surface area contributed by atoms with Gasteiger partial charge in [0.25, 0.3) is 0 Å². The van der Waals surface area contributed by atoms with E-state index in [9.17, 15) is 12.8 Å². The van der Waals surface area contributed by atoms with Gasteiger partial charge in [-0.05, 0) is 55.8 Å². The summed E-state index contributed by atoms with van der Waals surface area (Å²) in [6.45, 7) is 4.06. The van der Waals surface area contributed by atoms with Crippen LogP contribution >= 0.6 is 0 Å². The minimum absolute atomic E-state index is 0.160. The predicted molar refractivity (Wildman–Crippen MR) is 96.1 cm³/mol. The van der Waals surface area contributed by atoms with Gasteiger partial charge in [0, 0.05) is 6.54 Å². The van der Waals surface area contributed by atoms with Crippen LogP contribution in [0, 0.1) is 5.82 Å². The molecule has 2 aromatic rings. The van der Waals surface area contributed by atoms with Crippen molar-refractivity contribution in [3.63, 3.8) is 0 Å². The molecule has 26 heavy (non-hydrogen) atoms. The smallest absolute Gasteiger partial charge is 0.243 e. The van der Waals surface area contributed by atoms with E-state index in [0.717, 1.165) is 5.56 Å². The maximum Gasteiger partial charge on any atom is 0.243 e. The molecule has 3 rings (SSSR count). The van der Waals surface area contributed by atoms with Crippen LogP contribution in [0.5, 0.6) is 5.75 Å². The molecule has 1 unspecified atom stereocenters. The fourth-order valence-electron chi connectivity index (χ4n) is 3.00. The van der Waals surface area contributed by atoms with E-state index in [1.807, 2.05) is 13.8 Å². The number of nitrogens with zero attached hydrogens (tertiary/aromatic N) is 1. The molecule has 1 saturated heterocycles. The summed E-state index contributed by atoms with van der Waals surface area (Å²) < 4.78 is 52.0. The zero-order valence-corrected chi connectivity index (χ0v) is 15.8. The molecule has 0 amide bonds. The summed E-state index contributed by atoms with van der Waals surface area (Å²) in [6, 6.07) is 12.3. The van der Waals surface area contributed by atoms with Crippen molar-refractivity contribution < 1.29 is 22.3 Å². The minimum Gasteiger partial charge on any atom is -0.497 e. The van der Waals surface area contributed by atoms with Gasteiger partial charge in [0.1, 0.15) is 11.6 Å². The van der Waals surface area contributed by atoms with Crippen molar-refractivity contribution in [2.45, 2.75) is 30.4 Å². The van der Waals surface area contributed by atoms with Crippen LogP contribution in [0.15, 0.2) is 53.4 Å². The second-order valence-corrected chi connectivity index (χ2v) is 8.74. The van der Waals surface area contributed by atoms with Crippen molar-refractivity contribution in [3.05, 3.63) is 59.9 Å². The van der Waals surface area contributed by atoms with Crippen LogP contribution in [0.1, 0.15) is 25.5 Å². The van der Waals surface area contributed by atoms with Gasteiger partial charge in [0.05, 0.1) is 30.3 Å². The number of hydrogen-bond acceptors (Lipinski definition) is 4. The molecule has 0 saturated carbocycles. The summed E-state index contributed by atoms with van der Waals surface area (Å²) in [5.41, 5.74) is 0.0480. The SMILES string of the molecule is COc1ccc(S(=O)(=O)N2CC(c3ccc(F)cc3)OCC2(C)C)cc1. The number of morpholine rings is 1. The molecule has 140 valence electrons. The third kappa shape index (κ3) is 3.60. The number of hydrogen-bond donors (Lipinski definition) is 0. The topological polar surface area (TPSA) is 55.8 Å². The van der Waals surface area contributed by atoms with Crippen LogP contribution in [0.2, 0.25) is 0 Å². The number of rotatable bonds is 4. The first kappa shape index (κ1) is 18.8. The number of benzene rings is 2. The Balaban J connectivity index is 1.92. The lowest BCUT2D eigenvalue weighted by atomic mass is 10.0. The van der Waals surface area contributed by atoms with Crippen LogP contribution in [0.4, 0.5) is 4.39 Å². The molecule has 5 nitrogen and oxygen atoms in total. The van der Waals surface area contributed by atoms with Gasteiger partial charge in [-0.1, -0.05) is 12.1 Å². The van der Waals surface area contributed by atoms with Crippen molar-refractivity contribution >= 4 is 10.0 Å². The lowest BCUT2D eigenvalue weighted by Gasteiger charge is -2.44. The summed E-state index contributed by atoms with van der Waals surface area (Å²) in [5, 5.41) is 0. The third-order valence-corrected chi connectivity index (χ3v) is 6.63. The molecule has 0 spiro atoms. The Morgan fingerprint density at radius 2 is 1.73 bits per heavy atom. The molecule has 0 aliphatic carbocycles. The molecule has 7 heteroatoms. The molecule has 2 aromatic carbocycles. The van der Waals surface area contributed by atoms with Gasteiger partial charge in [0.15, 0.2) is 0 Å². The van der Waals surface area contributed by atoms with Crippen LogP contribution in [-0.4, -0.2) is 38.5 Å². The highest BCUT2D eigenvalue weighted by molar-refractivity contribution is 7.89. The Hall–Kier alpha value is -1.96. The largest absolute Gasteiger partial charge is 0.497 e. The van der Waals surface area contributed by atoms with Gasteiger partial charge >= 0.3 is 0 Å². The van der Waals surface area contributed by atoms with Crippen molar-refractivity contribution in [2.24, 2.45) is 0 Å². The lowest BCUT2D eigenvalue weighted by Crippen LogP contribution is -2.56. The average Bonchev–Trinajstić information content (AvgIpc) is 2.62. The Morgan fingerprint density at radius 3 is 2.31 bits per heavy atom. The molecule has 1 fully saturated rings. The van der Waals surface area contributed by atoms with Crippen molar-refractivity contribution in [1.29, 1.82) is 0 Å². The summed E-state index contributed by atoms with van der Waals surface area (Å²) >= 11 is 0. The standard InChI is InChI=1S/C19H22FNO4S/c1-19(2)13-25-18(14-4-6-15(20)7-5-14)12-21(19)26(22,23)17-10-8-16(24-3)9-11-17/h4-11,18H,12-13H2,1-3H3. The molecular formula is C19H22FNO4S. The first-order chi connectivity index (χ1) is 12.2. The number of ether oxygens (including phenoxy) is 2. The minimum atomic E-state index is -3.72. The number of sulfonamides is 1. The van der Waals surface area contributed by atoms with E-state index in [4.69, 9.17) is 9.47 Å². The zero-order chi connectivity index (χ0) is 18.9. The zero-order valence-electron chi connectivity index (χ0n) is 15.0. The quantitative estimate of drug-likeness (QED) is 0.817. The summed E-state index contributed by atoms with van der Waals surface area (Å²) in [6.07, 6.45) is -0.448. The Bertz CT molecular complexity index is 863. The highest BCUT2D eigenvalue weighted by Gasteiger charge is 2.43. The molecule has 1 aliphatic heterocycles. The van der Waals surface area contributed by atoms with Crippen molar-refractivity contribution in [1.82, 2.24) is 4.31 Å². The van der Waals surface area contributed by atoms with E-state index < -0.39 is 21.7 Å². The normalized spacial score (nSPS) is 20.7. The summed E-state index contributed by atoms with van der Waals surface area (Å²) in [4.78, 5) is 0.200. The number of halogens is 1. The van der Waals surface area contributed by atoms with Gasteiger partial charge in [0.2, 0.25) is 10.0 Å². The molecule has 0 aromatic heterocycles. The van der Waals surface area contributed by atoms with E-state index in [1.165, 1.54) is 35.7 Å². The van der Waals surface area contributed by atoms with Crippen LogP contribution < -0.4 is 4.74 Å². The van der Waals surface area contributed by atoms with Crippen LogP contribution in [-0.2, 0) is 14.8 Å². The van der Waals surface area contributed by atoms with Gasteiger partial charge in [-0.3, -0.25) is 0 Å². The second kappa shape index (κ2) is 6.98. The van der Waals surface area contributed by atoms with E-state index in [-0.39, 0.29) is 23.9 Å². The molecule has 1 heterocycles. The molecule has 0 N–H and O–H groups in total. The maximum absolute atomic E-state index is 13.2. The average molecular weight is 379 g/mol. The fraction of sp³-hybridized carbons (Fsp3) is 0.368. The second-order valence-electron chi connectivity index (χ2n) is 6.88. The fourth-order valence-corrected chi connectivity index (χ4v) is 4.77. The molecule has 1 atom stereocenters. The molecule has 0 bridgehead atoms. The van der Waals surface area contributed by atoms with Gasteiger partial charge in [-0.2, -0.15) is 4.31 Å². The predicted octanol–water partition coefficient (Wildman–Crippen LogP) is 3.38. The van der Waals surface area contributed by atoms with Gasteiger partial charge in [-0.15, -0.1) is 0 Å². The lowest BCUT2D eigenvalue weighted by molar-refractivity contribution is -0.0655. The van der Waals surface area contributed by atoms with Crippen molar-refractivity contribution in [3.8, 4) is 5.75 Å². The molecule has 0 radical (unpaired) electrons. The highest BCUT2D eigenvalue weighted by atomic mass is 32.2. The molecular weight excluding hydrogens is 357 g/mol. The Morgan fingerprint density at radius 1 is 1.12 bits per heavy atom. The summed E-state index contributed by atoms with van der Waals surface area (Å²) in [5.74, 6) is 0.252. The van der Waals surface area contributed by atoms with E-state index in [1.54, 1.807) is 24.3 Å². The van der Waals surface area contributed by atoms with Crippen LogP contribution in [0.25, 0.3) is 0 Å². The van der Waals surface area contributed by atoms with Gasteiger partial charge < -0.3 is 9.47 Å². The first-order valence-corrected chi connectivity index (χ1v) is 9.72. The van der Waals surface area contributed by atoms with Crippen LogP contribution in [0.3, 0.4) is 0 Å². The highest BCUT2D eigenvalue weighted by Crippen LogP contribution is 2.35. The van der Waals surface area contributed by atoms with Gasteiger partial charge in [-0.25, -0.2) is 12.8 Å². The summed E-state index contributed by atoms with van der Waals surface area (Å²) in [7, 11) is -2.19. The van der Waals surface area contributed by atoms with E-state index >= 15 is 0 Å². The van der Waals surface area contributed by atoms with Crippen molar-refractivity contribution in [2.75, 3.05) is 20.3 Å². The first-order valence-electron chi connectivity index (χ1n) is 8.28. The monoisotopic (exact) mass is 379 g/mol.